The zero-order valence-corrected chi connectivity index (χ0v) is 12.7. The second-order valence-corrected chi connectivity index (χ2v) is 5.34. The van der Waals surface area contributed by atoms with Crippen molar-refractivity contribution in [3.63, 3.8) is 0 Å². The standard InChI is InChI=1S/C18H16N2O3/c1-2-13(12-8-4-3-5-9-12)16(21)19-20-17(22)14-10-6-7-11-15(14)18(20)23/h3-11,13H,2H2,1H3,(H,19,21)/t13-/m0/s1. The largest absolute Gasteiger partial charge is 0.280 e. The molecule has 1 aliphatic rings. The van der Waals surface area contributed by atoms with Crippen LogP contribution in [0.4, 0.5) is 0 Å². The fourth-order valence-corrected chi connectivity index (χ4v) is 2.74. The third kappa shape index (κ3) is 2.61. The van der Waals surface area contributed by atoms with E-state index in [2.05, 4.69) is 5.43 Å². The Morgan fingerprint density at radius 3 is 2.00 bits per heavy atom. The van der Waals surface area contributed by atoms with Crippen molar-refractivity contribution >= 4 is 17.7 Å². The molecule has 2 aromatic carbocycles. The van der Waals surface area contributed by atoms with Crippen LogP contribution >= 0.6 is 0 Å². The van der Waals surface area contributed by atoms with Gasteiger partial charge in [-0.15, -0.1) is 0 Å². The Morgan fingerprint density at radius 2 is 1.48 bits per heavy atom. The average molecular weight is 308 g/mol. The van der Waals surface area contributed by atoms with Crippen molar-refractivity contribution in [2.75, 3.05) is 0 Å². The number of carbonyl (C=O) groups is 3. The fraction of sp³-hybridized carbons (Fsp3) is 0.167. The molecule has 0 aliphatic carbocycles. The molecule has 0 spiro atoms. The van der Waals surface area contributed by atoms with E-state index in [-0.39, 0.29) is 5.91 Å². The van der Waals surface area contributed by atoms with Gasteiger partial charge in [-0.05, 0) is 24.1 Å². The maximum Gasteiger partial charge on any atom is 0.280 e. The van der Waals surface area contributed by atoms with Crippen LogP contribution in [0.25, 0.3) is 0 Å². The highest BCUT2D eigenvalue weighted by atomic mass is 16.2. The molecule has 0 bridgehead atoms. The van der Waals surface area contributed by atoms with E-state index in [4.69, 9.17) is 0 Å². The Balaban J connectivity index is 1.81. The number of nitrogens with one attached hydrogen (secondary N) is 1. The van der Waals surface area contributed by atoms with Crippen LogP contribution in [-0.2, 0) is 4.79 Å². The van der Waals surface area contributed by atoms with Crippen LogP contribution in [-0.4, -0.2) is 22.7 Å². The molecule has 1 N–H and O–H groups in total. The molecule has 0 saturated heterocycles. The first-order chi connectivity index (χ1) is 11.1. The Morgan fingerprint density at radius 1 is 0.957 bits per heavy atom. The minimum atomic E-state index is -0.498. The lowest BCUT2D eigenvalue weighted by molar-refractivity contribution is -0.125. The first-order valence-corrected chi connectivity index (χ1v) is 7.46. The van der Waals surface area contributed by atoms with Gasteiger partial charge in [0.25, 0.3) is 11.8 Å². The average Bonchev–Trinajstić information content (AvgIpc) is 2.82. The van der Waals surface area contributed by atoms with Crippen LogP contribution in [0.3, 0.4) is 0 Å². The number of rotatable bonds is 4. The number of imide groups is 1. The molecule has 2 aromatic rings. The van der Waals surface area contributed by atoms with Crippen LogP contribution in [0.2, 0.25) is 0 Å². The third-order valence-corrected chi connectivity index (χ3v) is 3.94. The Labute approximate surface area is 133 Å². The number of nitrogens with zero attached hydrogens (tertiary/aromatic N) is 1. The summed E-state index contributed by atoms with van der Waals surface area (Å²) in [6.45, 7) is 1.89. The first-order valence-electron chi connectivity index (χ1n) is 7.46. The van der Waals surface area contributed by atoms with Gasteiger partial charge in [0.05, 0.1) is 17.0 Å². The summed E-state index contributed by atoms with van der Waals surface area (Å²) in [6.07, 6.45) is 0.568. The quantitative estimate of drug-likeness (QED) is 0.883. The van der Waals surface area contributed by atoms with Gasteiger partial charge in [-0.3, -0.25) is 19.8 Å². The van der Waals surface area contributed by atoms with Gasteiger partial charge in [0, 0.05) is 0 Å². The fourth-order valence-electron chi connectivity index (χ4n) is 2.74. The highest BCUT2D eigenvalue weighted by Gasteiger charge is 2.37. The number of hydrazine groups is 1. The van der Waals surface area contributed by atoms with E-state index in [0.29, 0.717) is 17.5 Å². The summed E-state index contributed by atoms with van der Waals surface area (Å²) in [6, 6.07) is 15.8. The molecule has 0 aromatic heterocycles. The molecule has 3 rings (SSSR count). The smallest absolute Gasteiger partial charge is 0.273 e. The summed E-state index contributed by atoms with van der Waals surface area (Å²) in [4.78, 5) is 37.1. The number of amides is 3. The molecule has 3 amide bonds. The molecule has 5 nitrogen and oxygen atoms in total. The van der Waals surface area contributed by atoms with Crippen molar-refractivity contribution in [3.05, 3.63) is 71.3 Å². The minimum absolute atomic E-state index is 0.311. The summed E-state index contributed by atoms with van der Waals surface area (Å²) in [5.74, 6) is -1.78. The topological polar surface area (TPSA) is 66.5 Å². The third-order valence-electron chi connectivity index (χ3n) is 3.94. The number of hydrogen-bond donors (Lipinski definition) is 1. The molecular formula is C18H16N2O3. The number of benzene rings is 2. The highest BCUT2D eigenvalue weighted by Crippen LogP contribution is 2.23. The highest BCUT2D eigenvalue weighted by molar-refractivity contribution is 6.21. The predicted molar refractivity (Wildman–Crippen MR) is 84.6 cm³/mol. The van der Waals surface area contributed by atoms with Crippen molar-refractivity contribution in [1.29, 1.82) is 0 Å². The molecular weight excluding hydrogens is 292 g/mol. The maximum atomic E-state index is 12.5. The lowest BCUT2D eigenvalue weighted by Crippen LogP contribution is -2.47. The molecule has 1 atom stereocenters. The van der Waals surface area contributed by atoms with E-state index in [1.54, 1.807) is 24.3 Å². The second kappa shape index (κ2) is 6.04. The minimum Gasteiger partial charge on any atom is -0.273 e. The van der Waals surface area contributed by atoms with Crippen LogP contribution in [0.1, 0.15) is 45.5 Å². The molecule has 0 fully saturated rings. The lowest BCUT2D eigenvalue weighted by Gasteiger charge is -2.20. The van der Waals surface area contributed by atoms with E-state index >= 15 is 0 Å². The molecule has 1 aliphatic heterocycles. The van der Waals surface area contributed by atoms with Gasteiger partial charge in [-0.2, -0.15) is 5.01 Å². The lowest BCUT2D eigenvalue weighted by atomic mass is 9.96. The summed E-state index contributed by atoms with van der Waals surface area (Å²) < 4.78 is 0. The SMILES string of the molecule is CC[C@H](C(=O)NN1C(=O)c2ccccc2C1=O)c1ccccc1. The van der Waals surface area contributed by atoms with Crippen LogP contribution in [0.15, 0.2) is 54.6 Å². The molecule has 0 unspecified atom stereocenters. The van der Waals surface area contributed by atoms with Crippen molar-refractivity contribution in [3.8, 4) is 0 Å². The first kappa shape index (κ1) is 15.0. The van der Waals surface area contributed by atoms with Crippen LogP contribution < -0.4 is 5.43 Å². The molecule has 116 valence electrons. The molecule has 0 saturated carbocycles. The maximum absolute atomic E-state index is 12.5. The number of fused-ring (bicyclic) bond motifs is 1. The normalized spacial score (nSPS) is 14.6. The van der Waals surface area contributed by atoms with E-state index in [9.17, 15) is 14.4 Å². The Hall–Kier alpha value is -2.95. The van der Waals surface area contributed by atoms with E-state index < -0.39 is 17.7 Å². The predicted octanol–water partition coefficient (Wildman–Crippen LogP) is 2.51. The molecule has 1 heterocycles. The van der Waals surface area contributed by atoms with Gasteiger partial charge in [0.2, 0.25) is 5.91 Å². The van der Waals surface area contributed by atoms with Crippen molar-refractivity contribution < 1.29 is 14.4 Å². The number of carbonyl (C=O) groups excluding carboxylic acids is 3. The van der Waals surface area contributed by atoms with Gasteiger partial charge < -0.3 is 0 Å². The van der Waals surface area contributed by atoms with Gasteiger partial charge in [-0.1, -0.05) is 49.4 Å². The van der Waals surface area contributed by atoms with Gasteiger partial charge in [0.15, 0.2) is 0 Å². The number of hydrogen-bond acceptors (Lipinski definition) is 3. The van der Waals surface area contributed by atoms with Gasteiger partial charge in [0.1, 0.15) is 0 Å². The second-order valence-electron chi connectivity index (χ2n) is 5.34. The van der Waals surface area contributed by atoms with E-state index in [1.807, 2.05) is 37.3 Å². The molecule has 5 heteroatoms. The van der Waals surface area contributed by atoms with Crippen molar-refractivity contribution in [1.82, 2.24) is 10.4 Å². The zero-order valence-electron chi connectivity index (χ0n) is 12.7. The van der Waals surface area contributed by atoms with E-state index in [1.165, 1.54) is 0 Å². The zero-order chi connectivity index (χ0) is 16.4. The Bertz CT molecular complexity index is 736. The molecule has 23 heavy (non-hydrogen) atoms. The summed E-state index contributed by atoms with van der Waals surface area (Å²) in [5, 5.41) is 0.804. The summed E-state index contributed by atoms with van der Waals surface area (Å²) in [7, 11) is 0. The van der Waals surface area contributed by atoms with E-state index in [0.717, 1.165) is 10.6 Å². The van der Waals surface area contributed by atoms with Crippen LogP contribution in [0, 0.1) is 0 Å². The Kier molecular flexibility index (Phi) is 3.93. The van der Waals surface area contributed by atoms with Crippen molar-refractivity contribution in [2.24, 2.45) is 0 Å². The van der Waals surface area contributed by atoms with Crippen LogP contribution in [0.5, 0.6) is 0 Å². The monoisotopic (exact) mass is 308 g/mol. The van der Waals surface area contributed by atoms with Gasteiger partial charge in [-0.25, -0.2) is 0 Å². The summed E-state index contributed by atoms with van der Waals surface area (Å²) in [5.41, 5.74) is 3.94. The summed E-state index contributed by atoms with van der Waals surface area (Å²) >= 11 is 0. The molecule has 0 radical (unpaired) electrons. The van der Waals surface area contributed by atoms with Crippen molar-refractivity contribution in [2.45, 2.75) is 19.3 Å². The van der Waals surface area contributed by atoms with Gasteiger partial charge >= 0.3 is 0 Å².